The maximum Gasteiger partial charge on any atom is 0.374 e. The summed E-state index contributed by atoms with van der Waals surface area (Å²) in [7, 11) is 0. The number of fused-ring (bicyclic) bond motifs is 1. The molecular formula is C16H19F2N3O2. The first-order chi connectivity index (χ1) is 11.0. The molecule has 2 aromatic rings. The average Bonchev–Trinajstić information content (AvgIpc) is 2.89. The Morgan fingerprint density at radius 1 is 1.35 bits per heavy atom. The Bertz CT molecular complexity index is 704. The molecule has 124 valence electrons. The maximum atomic E-state index is 13.3. The highest BCUT2D eigenvalue weighted by atomic mass is 19.3. The Morgan fingerprint density at radius 2 is 2.09 bits per heavy atom. The third kappa shape index (κ3) is 3.34. The second-order valence-electron chi connectivity index (χ2n) is 5.69. The number of ether oxygens (including phenoxy) is 1. The van der Waals surface area contributed by atoms with E-state index >= 15 is 0 Å². The lowest BCUT2D eigenvalue weighted by Gasteiger charge is -2.31. The van der Waals surface area contributed by atoms with Crippen LogP contribution in [0.1, 0.15) is 36.1 Å². The van der Waals surface area contributed by atoms with Crippen LogP contribution in [0.15, 0.2) is 24.4 Å². The van der Waals surface area contributed by atoms with Crippen molar-refractivity contribution >= 4 is 11.5 Å². The predicted octanol–water partition coefficient (Wildman–Crippen LogP) is 2.74. The van der Waals surface area contributed by atoms with Crippen LogP contribution in [0, 0.1) is 0 Å². The molecule has 23 heavy (non-hydrogen) atoms. The standard InChI is InChI=1S/C16H19F2N3O2/c1-2-23-15(22)14-19-12(13-5-3-4-8-21(13)14)11-20-9-6-16(17,18)7-10-20/h3-5,8H,2,6-7,9-11H2,1H3. The maximum absolute atomic E-state index is 13.3. The molecule has 0 unspecified atom stereocenters. The second-order valence-corrected chi connectivity index (χ2v) is 5.69. The van der Waals surface area contributed by atoms with E-state index in [0.717, 1.165) is 5.52 Å². The number of hydrogen-bond donors (Lipinski definition) is 0. The lowest BCUT2D eigenvalue weighted by molar-refractivity contribution is -0.0567. The number of aromatic nitrogens is 2. The van der Waals surface area contributed by atoms with Crippen molar-refractivity contribution in [3.63, 3.8) is 0 Å². The van der Waals surface area contributed by atoms with Gasteiger partial charge < -0.3 is 4.74 Å². The second kappa shape index (κ2) is 6.23. The largest absolute Gasteiger partial charge is 0.460 e. The van der Waals surface area contributed by atoms with Gasteiger partial charge in [0.15, 0.2) is 0 Å². The molecule has 0 atom stereocenters. The molecule has 1 aliphatic rings. The molecule has 0 aliphatic carbocycles. The molecule has 3 heterocycles. The average molecular weight is 323 g/mol. The number of imidazole rings is 1. The fraction of sp³-hybridized carbons (Fsp3) is 0.500. The smallest absolute Gasteiger partial charge is 0.374 e. The summed E-state index contributed by atoms with van der Waals surface area (Å²) in [6.45, 7) is 3.11. The van der Waals surface area contributed by atoms with Crippen LogP contribution in [0.5, 0.6) is 0 Å². The summed E-state index contributed by atoms with van der Waals surface area (Å²) in [5, 5.41) is 0. The number of pyridine rings is 1. The van der Waals surface area contributed by atoms with Crippen LogP contribution < -0.4 is 0 Å². The zero-order valence-electron chi connectivity index (χ0n) is 13.0. The summed E-state index contributed by atoms with van der Waals surface area (Å²) in [6, 6.07) is 5.53. The number of esters is 1. The number of carbonyl (C=O) groups is 1. The van der Waals surface area contributed by atoms with E-state index in [1.54, 1.807) is 17.5 Å². The molecule has 0 spiro atoms. The Kier molecular flexibility index (Phi) is 4.30. The van der Waals surface area contributed by atoms with Gasteiger partial charge in [0.1, 0.15) is 0 Å². The lowest BCUT2D eigenvalue weighted by atomic mass is 10.1. The SMILES string of the molecule is CCOC(=O)c1nc(CN2CCC(F)(F)CC2)c2ccccn12. The molecule has 1 fully saturated rings. The van der Waals surface area contributed by atoms with E-state index in [2.05, 4.69) is 4.98 Å². The van der Waals surface area contributed by atoms with E-state index in [0.29, 0.717) is 25.3 Å². The minimum atomic E-state index is -2.57. The van der Waals surface area contributed by atoms with Crippen molar-refractivity contribution in [1.29, 1.82) is 0 Å². The van der Waals surface area contributed by atoms with Crippen LogP contribution in [-0.4, -0.2) is 45.9 Å². The van der Waals surface area contributed by atoms with Crippen molar-refractivity contribution in [3.8, 4) is 0 Å². The topological polar surface area (TPSA) is 46.8 Å². The summed E-state index contributed by atoms with van der Waals surface area (Å²) in [5.41, 5.74) is 1.51. The lowest BCUT2D eigenvalue weighted by Crippen LogP contribution is -2.38. The number of carbonyl (C=O) groups excluding carboxylic acids is 1. The van der Waals surface area contributed by atoms with Crippen molar-refractivity contribution in [3.05, 3.63) is 35.9 Å². The number of piperidine rings is 1. The molecule has 0 radical (unpaired) electrons. The molecule has 0 saturated carbocycles. The first kappa shape index (κ1) is 15.9. The third-order valence-electron chi connectivity index (χ3n) is 4.04. The highest BCUT2D eigenvalue weighted by molar-refractivity contribution is 5.87. The number of likely N-dealkylation sites (tertiary alicyclic amines) is 1. The van der Waals surface area contributed by atoms with E-state index in [9.17, 15) is 13.6 Å². The van der Waals surface area contributed by atoms with Gasteiger partial charge in [0.25, 0.3) is 5.92 Å². The Balaban J connectivity index is 1.85. The monoisotopic (exact) mass is 323 g/mol. The highest BCUT2D eigenvalue weighted by Gasteiger charge is 2.34. The number of alkyl halides is 2. The fourth-order valence-electron chi connectivity index (χ4n) is 2.81. The molecule has 7 heteroatoms. The molecule has 3 rings (SSSR count). The molecule has 5 nitrogen and oxygen atoms in total. The van der Waals surface area contributed by atoms with Crippen molar-refractivity contribution in [1.82, 2.24) is 14.3 Å². The molecule has 2 aromatic heterocycles. The minimum absolute atomic E-state index is 0.135. The van der Waals surface area contributed by atoms with Crippen LogP contribution >= 0.6 is 0 Å². The van der Waals surface area contributed by atoms with Gasteiger partial charge in [-0.2, -0.15) is 0 Å². The zero-order chi connectivity index (χ0) is 16.4. The van der Waals surface area contributed by atoms with Gasteiger partial charge in [-0.05, 0) is 19.1 Å². The summed E-state index contributed by atoms with van der Waals surface area (Å²) in [6.07, 6.45) is 1.48. The van der Waals surface area contributed by atoms with Gasteiger partial charge in [-0.25, -0.2) is 18.6 Å². The van der Waals surface area contributed by atoms with Crippen molar-refractivity contribution in [2.45, 2.75) is 32.2 Å². The summed E-state index contributed by atoms with van der Waals surface area (Å²) in [4.78, 5) is 18.4. The molecule has 1 aliphatic heterocycles. The van der Waals surface area contributed by atoms with Crippen molar-refractivity contribution in [2.75, 3.05) is 19.7 Å². The van der Waals surface area contributed by atoms with Crippen molar-refractivity contribution < 1.29 is 18.3 Å². The van der Waals surface area contributed by atoms with Gasteiger partial charge in [-0.1, -0.05) is 6.07 Å². The van der Waals surface area contributed by atoms with E-state index < -0.39 is 11.9 Å². The van der Waals surface area contributed by atoms with E-state index in [4.69, 9.17) is 4.74 Å². The molecule has 0 bridgehead atoms. The first-order valence-electron chi connectivity index (χ1n) is 7.73. The number of hydrogen-bond acceptors (Lipinski definition) is 4. The Morgan fingerprint density at radius 3 is 2.78 bits per heavy atom. The van der Waals surface area contributed by atoms with Gasteiger partial charge >= 0.3 is 5.97 Å². The normalized spacial score (nSPS) is 18.2. The molecule has 0 N–H and O–H groups in total. The molecule has 1 saturated heterocycles. The number of rotatable bonds is 4. The predicted molar refractivity (Wildman–Crippen MR) is 80.6 cm³/mol. The van der Waals surface area contributed by atoms with E-state index in [1.807, 2.05) is 23.1 Å². The Labute approximate surface area is 132 Å². The molecule has 0 amide bonds. The summed E-state index contributed by atoms with van der Waals surface area (Å²) >= 11 is 0. The molecular weight excluding hydrogens is 304 g/mol. The van der Waals surface area contributed by atoms with E-state index in [-0.39, 0.29) is 25.3 Å². The van der Waals surface area contributed by atoms with Crippen LogP contribution in [0.25, 0.3) is 5.52 Å². The number of nitrogens with zero attached hydrogens (tertiary/aromatic N) is 3. The highest BCUT2D eigenvalue weighted by Crippen LogP contribution is 2.28. The third-order valence-corrected chi connectivity index (χ3v) is 4.04. The van der Waals surface area contributed by atoms with Crippen LogP contribution in [0.3, 0.4) is 0 Å². The van der Waals surface area contributed by atoms with Crippen LogP contribution in [-0.2, 0) is 11.3 Å². The summed E-state index contributed by atoms with van der Waals surface area (Å²) < 4.78 is 33.2. The van der Waals surface area contributed by atoms with Gasteiger partial charge in [0.2, 0.25) is 5.82 Å². The van der Waals surface area contributed by atoms with Gasteiger partial charge in [0, 0.05) is 38.7 Å². The van der Waals surface area contributed by atoms with Crippen LogP contribution in [0.4, 0.5) is 8.78 Å². The first-order valence-corrected chi connectivity index (χ1v) is 7.73. The van der Waals surface area contributed by atoms with Gasteiger partial charge in [-0.15, -0.1) is 0 Å². The van der Waals surface area contributed by atoms with Gasteiger partial charge in [0.05, 0.1) is 17.8 Å². The minimum Gasteiger partial charge on any atom is -0.460 e. The van der Waals surface area contributed by atoms with Gasteiger partial charge in [-0.3, -0.25) is 9.30 Å². The van der Waals surface area contributed by atoms with Crippen LogP contribution in [0.2, 0.25) is 0 Å². The number of halogens is 2. The summed E-state index contributed by atoms with van der Waals surface area (Å²) in [5.74, 6) is -2.83. The van der Waals surface area contributed by atoms with Crippen molar-refractivity contribution in [2.24, 2.45) is 0 Å². The van der Waals surface area contributed by atoms with E-state index in [1.165, 1.54) is 0 Å². The Hall–Kier alpha value is -2.02. The quantitative estimate of drug-likeness (QED) is 0.812. The fourth-order valence-corrected chi connectivity index (χ4v) is 2.81. The molecule has 0 aromatic carbocycles. The zero-order valence-corrected chi connectivity index (χ0v) is 13.0.